The summed E-state index contributed by atoms with van der Waals surface area (Å²) in [6, 6.07) is 13.0. The summed E-state index contributed by atoms with van der Waals surface area (Å²) >= 11 is 0. The van der Waals surface area contributed by atoms with Crippen molar-refractivity contribution < 1.29 is 36.7 Å². The monoisotopic (exact) mass is 571 g/mol. The van der Waals surface area contributed by atoms with Crippen LogP contribution in [-0.2, 0) is 30.9 Å². The van der Waals surface area contributed by atoms with Crippen LogP contribution in [0.1, 0.15) is 44.5 Å². The van der Waals surface area contributed by atoms with Gasteiger partial charge in [0.05, 0.1) is 24.5 Å². The van der Waals surface area contributed by atoms with Crippen molar-refractivity contribution in [2.45, 2.75) is 57.7 Å². The number of nitrogens with one attached hydrogen (secondary N) is 1. The van der Waals surface area contributed by atoms with Crippen LogP contribution >= 0.6 is 0 Å². The first kappa shape index (κ1) is 29.0. The van der Waals surface area contributed by atoms with Gasteiger partial charge in [-0.25, -0.2) is 4.68 Å². The van der Waals surface area contributed by atoms with Crippen LogP contribution < -0.4 is 25.6 Å². The van der Waals surface area contributed by atoms with Gasteiger partial charge >= 0.3 is 0 Å². The van der Waals surface area contributed by atoms with Gasteiger partial charge in [-0.3, -0.25) is 14.9 Å². The molecule has 1 saturated heterocycles. The lowest BCUT2D eigenvalue weighted by Crippen LogP contribution is -2.52. The second-order valence-electron chi connectivity index (χ2n) is 9.57. The number of carbonyl (C=O) groups excluding carboxylic acids is 2. The fraction of sp³-hybridized carbons (Fsp3) is 0.407. The summed E-state index contributed by atoms with van der Waals surface area (Å²) in [5.74, 6) is -0.101. The second-order valence-corrected chi connectivity index (χ2v) is 11.2. The molecule has 0 spiro atoms. The van der Waals surface area contributed by atoms with Crippen LogP contribution in [-0.4, -0.2) is 51.0 Å². The van der Waals surface area contributed by atoms with Crippen LogP contribution in [0.15, 0.2) is 62.3 Å². The van der Waals surface area contributed by atoms with Gasteiger partial charge in [-0.1, -0.05) is 17.7 Å². The van der Waals surface area contributed by atoms with Crippen molar-refractivity contribution in [2.24, 2.45) is 4.40 Å². The van der Waals surface area contributed by atoms with Crippen molar-refractivity contribution >= 4 is 27.5 Å². The summed E-state index contributed by atoms with van der Waals surface area (Å²) < 4.78 is 47.6. The Balaban J connectivity index is 1.50. The van der Waals surface area contributed by atoms with Gasteiger partial charge in [0.2, 0.25) is 5.91 Å². The topological polar surface area (TPSA) is 145 Å². The van der Waals surface area contributed by atoms with E-state index in [4.69, 9.17) is 14.0 Å². The molecule has 1 aliphatic heterocycles. The Labute approximate surface area is 232 Å². The van der Waals surface area contributed by atoms with Crippen LogP contribution in [0.2, 0.25) is 0 Å². The van der Waals surface area contributed by atoms with E-state index < -0.39 is 22.0 Å². The minimum Gasteiger partial charge on any atom is -0.494 e. The first-order valence-corrected chi connectivity index (χ1v) is 14.4. The summed E-state index contributed by atoms with van der Waals surface area (Å²) in [6.45, 7) is 8.38. The average molecular weight is 572 g/mol. The molecule has 0 radical (unpaired) electrons. The van der Waals surface area contributed by atoms with Gasteiger partial charge < -0.3 is 24.2 Å². The Morgan fingerprint density at radius 3 is 2.55 bits per heavy atom. The van der Waals surface area contributed by atoms with Crippen LogP contribution in [0.4, 0.5) is 5.69 Å². The van der Waals surface area contributed by atoms with Gasteiger partial charge in [0.25, 0.3) is 27.2 Å². The van der Waals surface area contributed by atoms with Gasteiger partial charge in [-0.15, -0.1) is 4.40 Å². The number of aryl methyl sites for hydroxylation is 1. The highest BCUT2D eigenvalue weighted by atomic mass is 32.2. The Morgan fingerprint density at radius 2 is 1.90 bits per heavy atom. The van der Waals surface area contributed by atoms with Gasteiger partial charge in [0, 0.05) is 12.2 Å². The molecule has 214 valence electrons. The Bertz CT molecular complexity index is 1510. The number of hydrogen-bond donors (Lipinski definition) is 1. The van der Waals surface area contributed by atoms with E-state index in [9.17, 15) is 18.0 Å². The fourth-order valence-electron chi connectivity index (χ4n) is 4.13. The highest BCUT2D eigenvalue weighted by Gasteiger charge is 2.34. The molecule has 2 amide bonds. The van der Waals surface area contributed by atoms with E-state index in [-0.39, 0.29) is 48.5 Å². The zero-order chi connectivity index (χ0) is 28.9. The number of benzene rings is 2. The van der Waals surface area contributed by atoms with E-state index in [2.05, 4.69) is 15.0 Å². The summed E-state index contributed by atoms with van der Waals surface area (Å²) in [5, 5.41) is 6.73. The number of ether oxygens (including phenoxy) is 2. The number of aromatic nitrogens is 2. The number of sulfonamides is 1. The molecule has 1 atom stereocenters. The number of anilines is 1. The van der Waals surface area contributed by atoms with Crippen molar-refractivity contribution in [1.82, 2.24) is 10.2 Å². The van der Waals surface area contributed by atoms with Crippen molar-refractivity contribution in [3.63, 3.8) is 0 Å². The van der Waals surface area contributed by atoms with Gasteiger partial charge in [0.15, 0.2) is 0 Å². The molecule has 1 aromatic heterocycles. The Morgan fingerprint density at radius 1 is 1.20 bits per heavy atom. The van der Waals surface area contributed by atoms with Crippen molar-refractivity contribution in [3.05, 3.63) is 65.3 Å². The maximum atomic E-state index is 13.3. The second kappa shape index (κ2) is 12.5. The molecule has 0 bridgehead atoms. The molecule has 13 heteroatoms. The van der Waals surface area contributed by atoms with E-state index in [1.54, 1.807) is 36.4 Å². The molecule has 1 unspecified atom stereocenters. The fourth-order valence-corrected chi connectivity index (χ4v) is 5.07. The molecule has 2 heterocycles. The lowest BCUT2D eigenvalue weighted by Gasteiger charge is -2.31. The van der Waals surface area contributed by atoms with Gasteiger partial charge in [-0.2, -0.15) is 8.42 Å². The van der Waals surface area contributed by atoms with Gasteiger partial charge in [0.1, 0.15) is 24.4 Å². The highest BCUT2D eigenvalue weighted by molar-refractivity contribution is 7.90. The van der Waals surface area contributed by atoms with Crippen LogP contribution in [0.5, 0.6) is 5.75 Å². The average Bonchev–Trinajstić information content (AvgIpc) is 3.29. The standard InChI is InChI=1S/C27H33N5O7S/c1-5-37-21-10-8-20(9-11-21)28-25(33)16-24-27(34)31(14-15-38-24)17-23-26(39-30-32(23)18(2)3)29-40(35,36)22-12-6-19(4)7-13-22/h6-13,18,24H,5,14-17H2,1-4H3,(H,28,33)/b29-26-. The molecule has 40 heavy (non-hydrogen) atoms. The molecule has 1 N–H and O–H groups in total. The lowest BCUT2D eigenvalue weighted by atomic mass is 10.1. The molecular weight excluding hydrogens is 538 g/mol. The van der Waals surface area contributed by atoms with E-state index in [0.29, 0.717) is 23.7 Å². The number of nitrogens with zero attached hydrogens (tertiary/aromatic N) is 4. The third-order valence-electron chi connectivity index (χ3n) is 6.18. The minimum atomic E-state index is -4.09. The Kier molecular flexibility index (Phi) is 9.05. The predicted octanol–water partition coefficient (Wildman–Crippen LogP) is 1.86. The molecule has 3 aromatic rings. The van der Waals surface area contributed by atoms with Crippen molar-refractivity contribution in [3.8, 4) is 5.75 Å². The third-order valence-corrected chi connectivity index (χ3v) is 7.45. The van der Waals surface area contributed by atoms with Crippen LogP contribution in [0.3, 0.4) is 0 Å². The number of rotatable bonds is 10. The lowest BCUT2D eigenvalue weighted by molar-refractivity contribution is -0.790. The molecule has 1 aliphatic rings. The maximum absolute atomic E-state index is 13.3. The maximum Gasteiger partial charge on any atom is 0.289 e. The molecule has 1 fully saturated rings. The molecule has 2 aromatic carbocycles. The number of amides is 2. The van der Waals surface area contributed by atoms with Crippen molar-refractivity contribution in [2.75, 3.05) is 25.1 Å². The van der Waals surface area contributed by atoms with E-state index >= 15 is 0 Å². The molecule has 4 rings (SSSR count). The zero-order valence-corrected chi connectivity index (χ0v) is 23.7. The number of morpholine rings is 1. The van der Waals surface area contributed by atoms with E-state index in [0.717, 1.165) is 5.56 Å². The zero-order valence-electron chi connectivity index (χ0n) is 22.9. The smallest absolute Gasteiger partial charge is 0.289 e. The Hall–Kier alpha value is -3.97. The first-order chi connectivity index (χ1) is 19.1. The third kappa shape index (κ3) is 6.96. The van der Waals surface area contributed by atoms with Gasteiger partial charge in [-0.05, 0) is 64.1 Å². The quantitative estimate of drug-likeness (QED) is 0.363. The first-order valence-electron chi connectivity index (χ1n) is 13.0. The largest absolute Gasteiger partial charge is 0.494 e. The van der Waals surface area contributed by atoms with E-state index in [1.165, 1.54) is 21.7 Å². The molecular formula is C27H33N5O7S. The minimum absolute atomic E-state index is 0.0117. The summed E-state index contributed by atoms with van der Waals surface area (Å²) in [4.78, 5) is 27.4. The van der Waals surface area contributed by atoms with Crippen molar-refractivity contribution in [1.29, 1.82) is 0 Å². The molecule has 12 nitrogen and oxygen atoms in total. The predicted molar refractivity (Wildman–Crippen MR) is 143 cm³/mol. The summed E-state index contributed by atoms with van der Waals surface area (Å²) in [5.41, 5.74) is 1.58. The number of carbonyl (C=O) groups is 2. The SMILES string of the molecule is CCOc1ccc(NC(=O)CC2OCCN(Cc3/c(=N/S(=O)(=O)c4ccc(C)cc4)o[n-][n+]3C(C)C)C2=O)cc1. The molecule has 0 saturated carbocycles. The molecule has 0 aliphatic carbocycles. The highest BCUT2D eigenvalue weighted by Crippen LogP contribution is 2.18. The normalized spacial score (nSPS) is 16.4. The summed E-state index contributed by atoms with van der Waals surface area (Å²) in [7, 11) is -4.09. The van der Waals surface area contributed by atoms with Crippen LogP contribution in [0.25, 0.3) is 0 Å². The summed E-state index contributed by atoms with van der Waals surface area (Å²) in [6.07, 6.45) is -1.18. The van der Waals surface area contributed by atoms with Crippen LogP contribution in [0, 0.1) is 6.92 Å². The van der Waals surface area contributed by atoms with E-state index in [1.807, 2.05) is 27.7 Å². The number of hydrogen-bond acceptors (Lipinski definition) is 7.